The number of carbonyl (C=O) groups excluding carboxylic acids is 2. The van der Waals surface area contributed by atoms with E-state index in [0.29, 0.717) is 11.7 Å². The van der Waals surface area contributed by atoms with Gasteiger partial charge in [-0.1, -0.05) is 26.0 Å². The lowest BCUT2D eigenvalue weighted by Gasteiger charge is -2.25. The molecule has 7 nitrogen and oxygen atoms in total. The Balaban J connectivity index is 1.66. The van der Waals surface area contributed by atoms with Crippen LogP contribution in [0.15, 0.2) is 59.0 Å². The SMILES string of the molecule is CC(C)(CNC(=O)c1ccc(=O)n(CC(=O)Nc2nccs2)c1)c1ccc(F)cc1. The highest BCUT2D eigenvalue weighted by Crippen LogP contribution is 2.22. The van der Waals surface area contributed by atoms with Crippen molar-refractivity contribution >= 4 is 28.3 Å². The molecule has 1 aromatic carbocycles. The molecule has 9 heteroatoms. The van der Waals surface area contributed by atoms with Gasteiger partial charge in [-0.25, -0.2) is 9.37 Å². The molecule has 3 rings (SSSR count). The van der Waals surface area contributed by atoms with Gasteiger partial charge in [0, 0.05) is 35.8 Å². The van der Waals surface area contributed by atoms with Crippen LogP contribution in [0.4, 0.5) is 9.52 Å². The van der Waals surface area contributed by atoms with Gasteiger partial charge in [-0.3, -0.25) is 14.4 Å². The Morgan fingerprint density at radius 3 is 2.57 bits per heavy atom. The number of halogens is 1. The smallest absolute Gasteiger partial charge is 0.252 e. The van der Waals surface area contributed by atoms with E-state index >= 15 is 0 Å². The van der Waals surface area contributed by atoms with Crippen molar-refractivity contribution in [1.82, 2.24) is 14.9 Å². The van der Waals surface area contributed by atoms with Gasteiger partial charge in [0.25, 0.3) is 11.5 Å². The normalized spacial score (nSPS) is 11.2. The number of amides is 2. The van der Waals surface area contributed by atoms with E-state index in [-0.39, 0.29) is 23.8 Å². The lowest BCUT2D eigenvalue weighted by molar-refractivity contribution is -0.116. The maximum atomic E-state index is 13.1. The van der Waals surface area contributed by atoms with Gasteiger partial charge >= 0.3 is 0 Å². The quantitative estimate of drug-likeness (QED) is 0.605. The van der Waals surface area contributed by atoms with E-state index in [9.17, 15) is 18.8 Å². The molecule has 0 saturated heterocycles. The van der Waals surface area contributed by atoms with Gasteiger partial charge in [0.2, 0.25) is 5.91 Å². The number of aromatic nitrogens is 2. The summed E-state index contributed by atoms with van der Waals surface area (Å²) in [5, 5.41) is 7.58. The van der Waals surface area contributed by atoms with E-state index in [2.05, 4.69) is 15.6 Å². The number of nitrogens with one attached hydrogen (secondary N) is 2. The first-order valence-electron chi connectivity index (χ1n) is 9.19. The summed E-state index contributed by atoms with van der Waals surface area (Å²) in [6, 6.07) is 8.79. The second-order valence-corrected chi connectivity index (χ2v) is 8.24. The third kappa shape index (κ3) is 5.38. The highest BCUT2D eigenvalue weighted by Gasteiger charge is 2.22. The highest BCUT2D eigenvalue weighted by atomic mass is 32.1. The Morgan fingerprint density at radius 2 is 1.90 bits per heavy atom. The van der Waals surface area contributed by atoms with Crippen LogP contribution in [-0.4, -0.2) is 27.9 Å². The van der Waals surface area contributed by atoms with Crippen molar-refractivity contribution in [2.75, 3.05) is 11.9 Å². The maximum Gasteiger partial charge on any atom is 0.252 e. The number of pyridine rings is 1. The molecule has 0 aliphatic carbocycles. The van der Waals surface area contributed by atoms with Crippen molar-refractivity contribution in [3.63, 3.8) is 0 Å². The molecule has 0 unspecified atom stereocenters. The molecule has 0 bridgehead atoms. The largest absolute Gasteiger partial charge is 0.351 e. The van der Waals surface area contributed by atoms with Crippen LogP contribution in [-0.2, 0) is 16.8 Å². The van der Waals surface area contributed by atoms with Crippen LogP contribution in [0.5, 0.6) is 0 Å². The predicted octanol–water partition coefficient (Wildman–Crippen LogP) is 2.79. The van der Waals surface area contributed by atoms with E-state index in [0.717, 1.165) is 5.56 Å². The van der Waals surface area contributed by atoms with Gasteiger partial charge in [-0.15, -0.1) is 11.3 Å². The molecule has 2 heterocycles. The Bertz CT molecular complexity index is 1090. The van der Waals surface area contributed by atoms with E-state index in [1.807, 2.05) is 13.8 Å². The number of nitrogens with zero attached hydrogens (tertiary/aromatic N) is 2. The van der Waals surface area contributed by atoms with Crippen LogP contribution < -0.4 is 16.2 Å². The zero-order valence-corrected chi connectivity index (χ0v) is 17.3. The average molecular weight is 428 g/mol. The van der Waals surface area contributed by atoms with Gasteiger partial charge in [-0.2, -0.15) is 0 Å². The molecule has 3 aromatic rings. The van der Waals surface area contributed by atoms with Gasteiger partial charge < -0.3 is 15.2 Å². The standard InChI is InChI=1S/C21H21FN4O3S/c1-21(2,15-4-6-16(22)7-5-15)13-24-19(29)14-3-8-18(28)26(11-14)12-17(27)25-20-23-9-10-30-20/h3-11H,12-13H2,1-2H3,(H,24,29)(H,23,25,27). The van der Waals surface area contributed by atoms with Crippen molar-refractivity contribution in [2.45, 2.75) is 25.8 Å². The monoisotopic (exact) mass is 428 g/mol. The number of thiazole rings is 1. The number of carbonyl (C=O) groups is 2. The van der Waals surface area contributed by atoms with Crippen LogP contribution in [0.3, 0.4) is 0 Å². The van der Waals surface area contributed by atoms with Crippen molar-refractivity contribution < 1.29 is 14.0 Å². The third-order valence-electron chi connectivity index (χ3n) is 4.55. The van der Waals surface area contributed by atoms with Crippen LogP contribution in [0.25, 0.3) is 0 Å². The van der Waals surface area contributed by atoms with E-state index in [1.54, 1.807) is 23.7 Å². The summed E-state index contributed by atoms with van der Waals surface area (Å²) in [5.41, 5.74) is 0.317. The van der Waals surface area contributed by atoms with Crippen molar-refractivity contribution in [2.24, 2.45) is 0 Å². The van der Waals surface area contributed by atoms with Gasteiger partial charge in [0.15, 0.2) is 5.13 Å². The lowest BCUT2D eigenvalue weighted by Crippen LogP contribution is -2.37. The minimum atomic E-state index is -0.425. The fourth-order valence-corrected chi connectivity index (χ4v) is 3.34. The minimum absolute atomic E-state index is 0.236. The Labute approximate surface area is 176 Å². The first-order valence-corrected chi connectivity index (χ1v) is 10.1. The molecule has 2 aromatic heterocycles. The zero-order chi connectivity index (χ0) is 21.7. The van der Waals surface area contributed by atoms with Crippen LogP contribution >= 0.6 is 11.3 Å². The molecule has 2 N–H and O–H groups in total. The molecule has 156 valence electrons. The summed E-state index contributed by atoms with van der Waals surface area (Å²) in [4.78, 5) is 40.7. The second-order valence-electron chi connectivity index (χ2n) is 7.34. The molecule has 30 heavy (non-hydrogen) atoms. The Morgan fingerprint density at radius 1 is 1.17 bits per heavy atom. The van der Waals surface area contributed by atoms with Gasteiger partial charge in [-0.05, 0) is 23.8 Å². The third-order valence-corrected chi connectivity index (χ3v) is 5.24. The van der Waals surface area contributed by atoms with Crippen molar-refractivity contribution in [3.8, 4) is 0 Å². The van der Waals surface area contributed by atoms with Crippen molar-refractivity contribution in [3.05, 3.63) is 81.5 Å². The number of hydrogen-bond donors (Lipinski definition) is 2. The number of benzene rings is 1. The molecule has 0 aliphatic heterocycles. The van der Waals surface area contributed by atoms with Crippen LogP contribution in [0, 0.1) is 5.82 Å². The zero-order valence-electron chi connectivity index (χ0n) is 16.5. The lowest BCUT2D eigenvalue weighted by atomic mass is 9.84. The van der Waals surface area contributed by atoms with E-state index in [4.69, 9.17) is 0 Å². The maximum absolute atomic E-state index is 13.1. The first kappa shape index (κ1) is 21.4. The number of anilines is 1. The summed E-state index contributed by atoms with van der Waals surface area (Å²) in [6.45, 7) is 3.94. The Kier molecular flexibility index (Phi) is 6.41. The van der Waals surface area contributed by atoms with Crippen LogP contribution in [0.1, 0.15) is 29.8 Å². The summed E-state index contributed by atoms with van der Waals surface area (Å²) >= 11 is 1.27. The molecule has 0 spiro atoms. The molecular weight excluding hydrogens is 407 g/mol. The van der Waals surface area contributed by atoms with Crippen molar-refractivity contribution in [1.29, 1.82) is 0 Å². The average Bonchev–Trinajstić information content (AvgIpc) is 3.21. The molecular formula is C21H21FN4O3S. The van der Waals surface area contributed by atoms with Crippen LogP contribution in [0.2, 0.25) is 0 Å². The summed E-state index contributed by atoms with van der Waals surface area (Å²) < 4.78 is 14.3. The molecule has 0 radical (unpaired) electrons. The summed E-state index contributed by atoms with van der Waals surface area (Å²) in [7, 11) is 0. The topological polar surface area (TPSA) is 93.1 Å². The van der Waals surface area contributed by atoms with Gasteiger partial charge in [0.05, 0.1) is 5.56 Å². The van der Waals surface area contributed by atoms with Gasteiger partial charge in [0.1, 0.15) is 12.4 Å². The summed E-state index contributed by atoms with van der Waals surface area (Å²) in [5.74, 6) is -1.11. The molecule has 2 amide bonds. The molecule has 0 fully saturated rings. The first-order chi connectivity index (χ1) is 14.2. The minimum Gasteiger partial charge on any atom is -0.351 e. The van der Waals surface area contributed by atoms with E-state index in [1.165, 1.54) is 46.4 Å². The van der Waals surface area contributed by atoms with E-state index < -0.39 is 16.9 Å². The molecule has 0 atom stereocenters. The molecule has 0 aliphatic rings. The molecule has 0 saturated carbocycles. The highest BCUT2D eigenvalue weighted by molar-refractivity contribution is 7.13. The summed E-state index contributed by atoms with van der Waals surface area (Å²) in [6.07, 6.45) is 2.91. The fourth-order valence-electron chi connectivity index (χ4n) is 2.79. The predicted molar refractivity (Wildman–Crippen MR) is 113 cm³/mol. The second kappa shape index (κ2) is 9.00. The Hall–Kier alpha value is -3.33. The fraction of sp³-hybridized carbons (Fsp3) is 0.238. The number of hydrogen-bond acceptors (Lipinski definition) is 5. The number of rotatable bonds is 7.